The first-order chi connectivity index (χ1) is 8.15. The Morgan fingerprint density at radius 2 is 1.82 bits per heavy atom. The monoisotopic (exact) mass is 230 g/mol. The molecule has 2 N–H and O–H groups in total. The first-order valence-corrected chi connectivity index (χ1v) is 4.93. The van der Waals surface area contributed by atoms with E-state index in [1.165, 1.54) is 6.07 Å². The molecule has 1 aromatic carbocycles. The minimum atomic E-state index is -0.569. The Hall–Kier alpha value is -2.56. The minimum Gasteiger partial charge on any atom is -0.401 e. The Morgan fingerprint density at radius 3 is 2.41 bits per heavy atom. The highest BCUT2D eigenvalue weighted by Gasteiger charge is 2.09. The first-order valence-electron chi connectivity index (χ1n) is 4.93. The molecule has 2 aromatic rings. The van der Waals surface area contributed by atoms with E-state index in [1.54, 1.807) is 30.4 Å². The Bertz CT molecular complexity index is 555. The highest BCUT2D eigenvalue weighted by molar-refractivity contribution is 5.68. The average molecular weight is 230 g/mol. The maximum Gasteiger partial charge on any atom is 0.433 e. The lowest BCUT2D eigenvalue weighted by molar-refractivity contribution is -0.402. The molecule has 5 heteroatoms. The normalized spacial score (nSPS) is 10.8. The van der Waals surface area contributed by atoms with E-state index in [9.17, 15) is 10.1 Å². The summed E-state index contributed by atoms with van der Waals surface area (Å²) in [6.45, 7) is 0. The van der Waals surface area contributed by atoms with Crippen LogP contribution in [0.25, 0.3) is 12.2 Å². The predicted octanol–water partition coefficient (Wildman–Crippen LogP) is 2.94. The van der Waals surface area contributed by atoms with Gasteiger partial charge in [-0.25, -0.2) is 0 Å². The van der Waals surface area contributed by atoms with Gasteiger partial charge in [0.15, 0.2) is 0 Å². The van der Waals surface area contributed by atoms with Gasteiger partial charge >= 0.3 is 5.88 Å². The molecule has 0 aliphatic heterocycles. The third-order valence-electron chi connectivity index (χ3n) is 2.17. The summed E-state index contributed by atoms with van der Waals surface area (Å²) in [5.41, 5.74) is 7.19. The number of nitro groups is 1. The number of furan rings is 1. The van der Waals surface area contributed by atoms with Crippen LogP contribution in [0.4, 0.5) is 11.6 Å². The van der Waals surface area contributed by atoms with Gasteiger partial charge in [-0.3, -0.25) is 10.1 Å². The van der Waals surface area contributed by atoms with E-state index in [0.717, 1.165) is 5.56 Å². The van der Waals surface area contributed by atoms with E-state index in [1.807, 2.05) is 12.1 Å². The quantitative estimate of drug-likeness (QED) is 0.499. The van der Waals surface area contributed by atoms with Crippen molar-refractivity contribution in [1.29, 1.82) is 0 Å². The number of anilines is 1. The summed E-state index contributed by atoms with van der Waals surface area (Å²) in [6, 6.07) is 10.1. The minimum absolute atomic E-state index is 0.262. The highest BCUT2D eigenvalue weighted by atomic mass is 16.6. The van der Waals surface area contributed by atoms with E-state index >= 15 is 0 Å². The van der Waals surface area contributed by atoms with Gasteiger partial charge in [0.1, 0.15) is 10.7 Å². The molecule has 0 fully saturated rings. The summed E-state index contributed by atoms with van der Waals surface area (Å²) < 4.78 is 4.98. The molecule has 2 rings (SSSR count). The van der Waals surface area contributed by atoms with E-state index in [0.29, 0.717) is 11.4 Å². The van der Waals surface area contributed by atoms with E-state index in [-0.39, 0.29) is 5.88 Å². The van der Waals surface area contributed by atoms with Crippen LogP contribution in [0.1, 0.15) is 11.3 Å². The van der Waals surface area contributed by atoms with Crippen LogP contribution in [0.2, 0.25) is 0 Å². The Labute approximate surface area is 97.3 Å². The molecule has 0 saturated carbocycles. The lowest BCUT2D eigenvalue weighted by Crippen LogP contribution is -1.82. The number of hydrogen-bond acceptors (Lipinski definition) is 4. The SMILES string of the molecule is Nc1ccc(/C=C/c2ccc([N+](=O)[O-])o2)cc1. The fraction of sp³-hybridized carbons (Fsp3) is 0. The number of rotatable bonds is 3. The van der Waals surface area contributed by atoms with Gasteiger partial charge in [-0.1, -0.05) is 18.2 Å². The summed E-state index contributed by atoms with van der Waals surface area (Å²) in [5, 5.41) is 10.4. The molecule has 0 spiro atoms. The van der Waals surface area contributed by atoms with Crippen molar-refractivity contribution >= 4 is 23.7 Å². The summed E-state index contributed by atoms with van der Waals surface area (Å²) in [7, 11) is 0. The molecular weight excluding hydrogens is 220 g/mol. The summed E-state index contributed by atoms with van der Waals surface area (Å²) in [5.74, 6) is 0.176. The van der Waals surface area contributed by atoms with Gasteiger partial charge in [0.05, 0.1) is 6.07 Å². The maximum atomic E-state index is 10.4. The van der Waals surface area contributed by atoms with Gasteiger partial charge in [-0.2, -0.15) is 0 Å². The highest BCUT2D eigenvalue weighted by Crippen LogP contribution is 2.18. The van der Waals surface area contributed by atoms with Crippen molar-refractivity contribution in [2.24, 2.45) is 0 Å². The van der Waals surface area contributed by atoms with Crippen molar-refractivity contribution in [1.82, 2.24) is 0 Å². The van der Waals surface area contributed by atoms with Gasteiger partial charge in [0, 0.05) is 5.69 Å². The van der Waals surface area contributed by atoms with Crippen molar-refractivity contribution in [2.75, 3.05) is 5.73 Å². The zero-order valence-electron chi connectivity index (χ0n) is 8.87. The van der Waals surface area contributed by atoms with Gasteiger partial charge < -0.3 is 10.2 Å². The van der Waals surface area contributed by atoms with Gasteiger partial charge in [0.2, 0.25) is 0 Å². The summed E-state index contributed by atoms with van der Waals surface area (Å²) in [4.78, 5) is 9.83. The summed E-state index contributed by atoms with van der Waals surface area (Å²) in [6.07, 6.45) is 3.46. The topological polar surface area (TPSA) is 82.3 Å². The predicted molar refractivity (Wildman–Crippen MR) is 65.1 cm³/mol. The van der Waals surface area contributed by atoms with E-state index in [4.69, 9.17) is 10.2 Å². The van der Waals surface area contributed by atoms with Crippen LogP contribution in [-0.4, -0.2) is 4.92 Å². The van der Waals surface area contributed by atoms with Gasteiger partial charge in [0.25, 0.3) is 0 Å². The lowest BCUT2D eigenvalue weighted by atomic mass is 10.2. The van der Waals surface area contributed by atoms with Crippen LogP contribution in [0.5, 0.6) is 0 Å². The number of nitrogens with two attached hydrogens (primary N) is 1. The van der Waals surface area contributed by atoms with Gasteiger partial charge in [-0.05, 0) is 29.8 Å². The number of nitrogens with zero attached hydrogens (tertiary/aromatic N) is 1. The molecule has 0 saturated heterocycles. The van der Waals surface area contributed by atoms with Crippen molar-refractivity contribution < 1.29 is 9.34 Å². The summed E-state index contributed by atoms with van der Waals surface area (Å²) >= 11 is 0. The van der Waals surface area contributed by atoms with Crippen molar-refractivity contribution in [3.63, 3.8) is 0 Å². The van der Waals surface area contributed by atoms with Gasteiger partial charge in [-0.15, -0.1) is 0 Å². The zero-order valence-corrected chi connectivity index (χ0v) is 8.87. The maximum absolute atomic E-state index is 10.4. The smallest absolute Gasteiger partial charge is 0.401 e. The van der Waals surface area contributed by atoms with Crippen molar-refractivity contribution in [3.8, 4) is 0 Å². The first kappa shape index (κ1) is 10.9. The third kappa shape index (κ3) is 2.72. The number of nitrogen functional groups attached to an aromatic ring is 1. The standard InChI is InChI=1S/C12H10N2O3/c13-10-4-1-9(2-5-10)3-6-11-7-8-12(17-11)14(15)16/h1-8H,13H2/b6-3+. The van der Waals surface area contributed by atoms with E-state index < -0.39 is 4.92 Å². The molecule has 0 aliphatic rings. The Balaban J connectivity index is 2.14. The Morgan fingerprint density at radius 1 is 1.12 bits per heavy atom. The zero-order chi connectivity index (χ0) is 12.3. The molecule has 0 amide bonds. The van der Waals surface area contributed by atoms with Crippen molar-refractivity contribution in [2.45, 2.75) is 0 Å². The van der Waals surface area contributed by atoms with Crippen LogP contribution in [0.3, 0.4) is 0 Å². The molecule has 1 aromatic heterocycles. The largest absolute Gasteiger partial charge is 0.433 e. The lowest BCUT2D eigenvalue weighted by Gasteiger charge is -1.93. The fourth-order valence-corrected chi connectivity index (χ4v) is 1.32. The van der Waals surface area contributed by atoms with Crippen LogP contribution in [0.15, 0.2) is 40.8 Å². The molecule has 17 heavy (non-hydrogen) atoms. The van der Waals surface area contributed by atoms with Crippen LogP contribution in [-0.2, 0) is 0 Å². The second-order valence-corrected chi connectivity index (χ2v) is 3.43. The van der Waals surface area contributed by atoms with E-state index in [2.05, 4.69) is 0 Å². The van der Waals surface area contributed by atoms with Crippen molar-refractivity contribution in [3.05, 3.63) is 57.8 Å². The molecule has 0 unspecified atom stereocenters. The molecule has 5 nitrogen and oxygen atoms in total. The molecule has 0 radical (unpaired) electrons. The van der Waals surface area contributed by atoms with Crippen LogP contribution >= 0.6 is 0 Å². The molecule has 86 valence electrons. The molecule has 0 aliphatic carbocycles. The molecule has 0 atom stereocenters. The number of hydrogen-bond donors (Lipinski definition) is 1. The number of benzene rings is 1. The van der Waals surface area contributed by atoms with Crippen LogP contribution < -0.4 is 5.73 Å². The fourth-order valence-electron chi connectivity index (χ4n) is 1.32. The third-order valence-corrected chi connectivity index (χ3v) is 2.17. The second-order valence-electron chi connectivity index (χ2n) is 3.43. The molecule has 1 heterocycles. The second kappa shape index (κ2) is 4.52. The Kier molecular flexibility index (Phi) is 2.91. The molecule has 0 bridgehead atoms. The average Bonchev–Trinajstić information content (AvgIpc) is 2.77. The van der Waals surface area contributed by atoms with Crippen LogP contribution in [0, 0.1) is 10.1 Å². The molecular formula is C12H10N2O3.